The lowest BCUT2D eigenvalue weighted by molar-refractivity contribution is 0.101. The van der Waals surface area contributed by atoms with Crippen LogP contribution in [0.15, 0.2) is 24.3 Å². The highest BCUT2D eigenvalue weighted by Crippen LogP contribution is 2.32. The molecular weight excluding hydrogens is 290 g/mol. The molecule has 0 radical (unpaired) electrons. The van der Waals surface area contributed by atoms with Crippen LogP contribution in [-0.4, -0.2) is 23.3 Å². The fourth-order valence-electron chi connectivity index (χ4n) is 3.19. The summed E-state index contributed by atoms with van der Waals surface area (Å²) in [6, 6.07) is 8.91. The molecule has 3 N–H and O–H groups in total. The molecule has 0 heterocycles. The number of aliphatic hydroxyl groups is 1. The zero-order valence-corrected chi connectivity index (χ0v) is 13.6. The fourth-order valence-corrected chi connectivity index (χ4v) is 3.19. The number of carbonyl (C=O) groups is 1. The molecule has 0 unspecified atom stereocenters. The molecule has 2 amide bonds. The lowest BCUT2D eigenvalue weighted by Gasteiger charge is -2.39. The van der Waals surface area contributed by atoms with Crippen molar-refractivity contribution in [2.24, 2.45) is 5.92 Å². The zero-order valence-electron chi connectivity index (χ0n) is 13.6. The standard InChI is InChI=1S/C18H25N3O2/c1-18(13-22,16-5-3-2-4-6-16)21-17(23)20-12-15-9-7-14(11-19)8-10-15/h7-10,16,22H,2-6,12-13H2,1H3,(H2,20,21,23)/t18-/m1/s1. The number of rotatable bonds is 5. The molecule has 1 aliphatic carbocycles. The summed E-state index contributed by atoms with van der Waals surface area (Å²) in [6.45, 7) is 2.26. The van der Waals surface area contributed by atoms with E-state index < -0.39 is 5.54 Å². The number of hydrogen-bond acceptors (Lipinski definition) is 3. The lowest BCUT2D eigenvalue weighted by Crippen LogP contribution is -2.57. The first kappa shape index (κ1) is 17.3. The Morgan fingerprint density at radius 2 is 1.96 bits per heavy atom. The molecule has 23 heavy (non-hydrogen) atoms. The zero-order chi connectivity index (χ0) is 16.7. The molecule has 2 rings (SSSR count). The normalized spacial score (nSPS) is 17.8. The molecule has 5 heteroatoms. The molecule has 124 valence electrons. The molecular formula is C18H25N3O2. The fraction of sp³-hybridized carbons (Fsp3) is 0.556. The van der Waals surface area contributed by atoms with Crippen LogP contribution in [0.3, 0.4) is 0 Å². The number of amides is 2. The molecule has 0 saturated heterocycles. The molecule has 0 spiro atoms. The van der Waals surface area contributed by atoms with Gasteiger partial charge in [0.2, 0.25) is 0 Å². The van der Waals surface area contributed by atoms with Crippen LogP contribution in [0.1, 0.15) is 50.2 Å². The van der Waals surface area contributed by atoms with Crippen molar-refractivity contribution in [2.45, 2.75) is 51.1 Å². The predicted octanol–water partition coefficient (Wildman–Crippen LogP) is 2.69. The van der Waals surface area contributed by atoms with Gasteiger partial charge in [-0.3, -0.25) is 0 Å². The molecule has 1 saturated carbocycles. The van der Waals surface area contributed by atoms with Gasteiger partial charge in [-0.2, -0.15) is 5.26 Å². The SMILES string of the molecule is C[C@](CO)(NC(=O)NCc1ccc(C#N)cc1)C1CCCCC1. The van der Waals surface area contributed by atoms with Crippen LogP contribution in [0, 0.1) is 17.2 Å². The monoisotopic (exact) mass is 315 g/mol. The van der Waals surface area contributed by atoms with Gasteiger partial charge in [0.15, 0.2) is 0 Å². The van der Waals surface area contributed by atoms with E-state index in [1.165, 1.54) is 6.42 Å². The van der Waals surface area contributed by atoms with Gasteiger partial charge in [0.1, 0.15) is 0 Å². The van der Waals surface area contributed by atoms with E-state index in [4.69, 9.17) is 5.26 Å². The third-order valence-corrected chi connectivity index (χ3v) is 4.77. The van der Waals surface area contributed by atoms with Crippen LogP contribution in [0.25, 0.3) is 0 Å². The van der Waals surface area contributed by atoms with Crippen LogP contribution in [0.5, 0.6) is 0 Å². The van der Waals surface area contributed by atoms with Gasteiger partial charge in [-0.05, 0) is 43.4 Å². The number of nitrogens with zero attached hydrogens (tertiary/aromatic N) is 1. The van der Waals surface area contributed by atoms with Crippen molar-refractivity contribution in [2.75, 3.05) is 6.61 Å². The summed E-state index contributed by atoms with van der Waals surface area (Å²) < 4.78 is 0. The van der Waals surface area contributed by atoms with Gasteiger partial charge in [-0.15, -0.1) is 0 Å². The second-order valence-corrected chi connectivity index (χ2v) is 6.53. The number of carbonyl (C=O) groups excluding carboxylic acids is 1. The van der Waals surface area contributed by atoms with Crippen LogP contribution in [-0.2, 0) is 6.54 Å². The van der Waals surface area contributed by atoms with E-state index in [1.54, 1.807) is 12.1 Å². The van der Waals surface area contributed by atoms with E-state index in [-0.39, 0.29) is 12.6 Å². The minimum atomic E-state index is -0.574. The first-order valence-corrected chi connectivity index (χ1v) is 8.23. The number of nitrogens with one attached hydrogen (secondary N) is 2. The summed E-state index contributed by atoms with van der Waals surface area (Å²) in [5.41, 5.74) is 0.959. The second kappa shape index (κ2) is 7.98. The van der Waals surface area contributed by atoms with Crippen LogP contribution in [0.4, 0.5) is 4.79 Å². The van der Waals surface area contributed by atoms with Gasteiger partial charge in [-0.25, -0.2) is 4.79 Å². The average Bonchev–Trinajstić information content (AvgIpc) is 2.61. The maximum absolute atomic E-state index is 12.2. The third kappa shape index (κ3) is 4.70. The maximum atomic E-state index is 12.2. The minimum absolute atomic E-state index is 0.0536. The van der Waals surface area contributed by atoms with E-state index in [2.05, 4.69) is 16.7 Å². The van der Waals surface area contributed by atoms with Crippen molar-refractivity contribution in [1.82, 2.24) is 10.6 Å². The highest BCUT2D eigenvalue weighted by molar-refractivity contribution is 5.74. The Balaban J connectivity index is 1.87. The Labute approximate surface area is 137 Å². The Hall–Kier alpha value is -2.06. The van der Waals surface area contributed by atoms with Gasteiger partial charge in [-0.1, -0.05) is 31.4 Å². The number of aliphatic hydroxyl groups excluding tert-OH is 1. The molecule has 1 aromatic rings. The summed E-state index contributed by atoms with van der Waals surface area (Å²) >= 11 is 0. The van der Waals surface area contributed by atoms with E-state index in [0.717, 1.165) is 31.2 Å². The summed E-state index contributed by atoms with van der Waals surface area (Å²) in [5, 5.41) is 24.3. The summed E-state index contributed by atoms with van der Waals surface area (Å²) in [7, 11) is 0. The number of benzene rings is 1. The number of urea groups is 1. The average molecular weight is 315 g/mol. The smallest absolute Gasteiger partial charge is 0.315 e. The van der Waals surface area contributed by atoms with Crippen molar-refractivity contribution >= 4 is 6.03 Å². The van der Waals surface area contributed by atoms with Gasteiger partial charge >= 0.3 is 6.03 Å². The lowest BCUT2D eigenvalue weighted by atomic mass is 9.76. The predicted molar refractivity (Wildman–Crippen MR) is 88.6 cm³/mol. The van der Waals surface area contributed by atoms with E-state index in [1.807, 2.05) is 19.1 Å². The Kier molecular flexibility index (Phi) is 6.00. The topological polar surface area (TPSA) is 85.2 Å². The Morgan fingerprint density at radius 1 is 1.30 bits per heavy atom. The molecule has 5 nitrogen and oxygen atoms in total. The highest BCUT2D eigenvalue weighted by Gasteiger charge is 2.35. The molecule has 1 atom stereocenters. The highest BCUT2D eigenvalue weighted by atomic mass is 16.3. The summed E-state index contributed by atoms with van der Waals surface area (Å²) in [4.78, 5) is 12.2. The van der Waals surface area contributed by atoms with Crippen LogP contribution >= 0.6 is 0 Å². The van der Waals surface area contributed by atoms with Crippen LogP contribution in [0.2, 0.25) is 0 Å². The minimum Gasteiger partial charge on any atom is -0.394 e. The first-order chi connectivity index (χ1) is 11.1. The molecule has 1 aromatic carbocycles. The Bertz CT molecular complexity index is 559. The number of hydrogen-bond donors (Lipinski definition) is 3. The van der Waals surface area contributed by atoms with E-state index in [9.17, 15) is 9.90 Å². The van der Waals surface area contributed by atoms with Crippen molar-refractivity contribution in [3.8, 4) is 6.07 Å². The van der Waals surface area contributed by atoms with Gasteiger partial charge in [0.25, 0.3) is 0 Å². The molecule has 0 aromatic heterocycles. The van der Waals surface area contributed by atoms with Gasteiger partial charge in [0.05, 0.1) is 23.8 Å². The molecule has 1 fully saturated rings. The van der Waals surface area contributed by atoms with E-state index >= 15 is 0 Å². The first-order valence-electron chi connectivity index (χ1n) is 8.23. The molecule has 0 bridgehead atoms. The third-order valence-electron chi connectivity index (χ3n) is 4.77. The van der Waals surface area contributed by atoms with Crippen molar-refractivity contribution in [1.29, 1.82) is 5.26 Å². The second-order valence-electron chi connectivity index (χ2n) is 6.53. The van der Waals surface area contributed by atoms with E-state index in [0.29, 0.717) is 18.0 Å². The van der Waals surface area contributed by atoms with Gasteiger partial charge < -0.3 is 15.7 Å². The van der Waals surface area contributed by atoms with Crippen molar-refractivity contribution < 1.29 is 9.90 Å². The summed E-state index contributed by atoms with van der Waals surface area (Å²) in [6.07, 6.45) is 5.66. The Morgan fingerprint density at radius 3 is 2.52 bits per heavy atom. The molecule has 1 aliphatic rings. The van der Waals surface area contributed by atoms with Crippen LogP contribution < -0.4 is 10.6 Å². The van der Waals surface area contributed by atoms with Crippen molar-refractivity contribution in [3.63, 3.8) is 0 Å². The van der Waals surface area contributed by atoms with Gasteiger partial charge in [0, 0.05) is 6.54 Å². The maximum Gasteiger partial charge on any atom is 0.315 e. The largest absolute Gasteiger partial charge is 0.394 e. The quantitative estimate of drug-likeness (QED) is 0.781. The number of nitriles is 1. The van der Waals surface area contributed by atoms with Crippen molar-refractivity contribution in [3.05, 3.63) is 35.4 Å². The molecule has 0 aliphatic heterocycles. The summed E-state index contributed by atoms with van der Waals surface area (Å²) in [5.74, 6) is 0.321.